The van der Waals surface area contributed by atoms with Gasteiger partial charge in [-0.25, -0.2) is 0 Å². The lowest BCUT2D eigenvalue weighted by atomic mass is 10.0. The van der Waals surface area contributed by atoms with Crippen LogP contribution < -0.4 is 4.74 Å². The number of carbonyl (C=O) groups is 1. The lowest BCUT2D eigenvalue weighted by Crippen LogP contribution is -2.01. The van der Waals surface area contributed by atoms with E-state index in [9.17, 15) is 4.79 Å². The monoisotopic (exact) mass is 212 g/mol. The second-order valence-electron chi connectivity index (χ2n) is 3.22. The Morgan fingerprint density at radius 1 is 1.43 bits per heavy atom. The maximum absolute atomic E-state index is 10.6. The van der Waals surface area contributed by atoms with E-state index in [1.807, 2.05) is 19.1 Å². The Hall–Kier alpha value is -1.02. The quantitative estimate of drug-likeness (QED) is 0.438. The summed E-state index contributed by atoms with van der Waals surface area (Å²) in [5.74, 6) is 1.18. The minimum absolute atomic E-state index is 0.303. The summed E-state index contributed by atoms with van der Waals surface area (Å²) >= 11 is 5.73. The van der Waals surface area contributed by atoms with Crippen molar-refractivity contribution in [1.82, 2.24) is 0 Å². The highest BCUT2D eigenvalue weighted by atomic mass is 35.5. The van der Waals surface area contributed by atoms with Crippen molar-refractivity contribution in [2.75, 3.05) is 5.88 Å². The van der Waals surface area contributed by atoms with Crippen molar-refractivity contribution >= 4 is 17.6 Å². The number of hydrogen-bond donors (Lipinski definition) is 0. The molecule has 0 aliphatic rings. The second kappa shape index (κ2) is 5.01. The van der Waals surface area contributed by atoms with Crippen LogP contribution in [0.2, 0.25) is 0 Å². The SMILES string of the molecule is CC(=O)Oc1ccc(C(C)CCl)cc1. The summed E-state index contributed by atoms with van der Waals surface area (Å²) in [4.78, 5) is 10.6. The Kier molecular flexibility index (Phi) is 3.96. The zero-order valence-corrected chi connectivity index (χ0v) is 9.04. The molecule has 0 aliphatic heterocycles. The highest BCUT2D eigenvalue weighted by Crippen LogP contribution is 2.20. The normalized spacial score (nSPS) is 12.2. The minimum atomic E-state index is -0.303. The predicted molar refractivity (Wildman–Crippen MR) is 56.9 cm³/mol. The van der Waals surface area contributed by atoms with Gasteiger partial charge in [0.15, 0.2) is 0 Å². The number of ether oxygens (including phenoxy) is 1. The zero-order chi connectivity index (χ0) is 10.6. The molecule has 1 aromatic rings. The molecule has 0 aromatic heterocycles. The molecule has 0 heterocycles. The lowest BCUT2D eigenvalue weighted by Gasteiger charge is -2.08. The topological polar surface area (TPSA) is 26.3 Å². The summed E-state index contributed by atoms with van der Waals surface area (Å²) in [6.07, 6.45) is 0. The van der Waals surface area contributed by atoms with Gasteiger partial charge >= 0.3 is 5.97 Å². The van der Waals surface area contributed by atoms with Crippen molar-refractivity contribution < 1.29 is 9.53 Å². The van der Waals surface area contributed by atoms with Crippen LogP contribution in [0.5, 0.6) is 5.75 Å². The van der Waals surface area contributed by atoms with Crippen LogP contribution in [0.3, 0.4) is 0 Å². The van der Waals surface area contributed by atoms with Crippen LogP contribution in [-0.2, 0) is 4.79 Å². The molecule has 0 amide bonds. The van der Waals surface area contributed by atoms with E-state index in [1.54, 1.807) is 12.1 Å². The smallest absolute Gasteiger partial charge is 0.308 e. The van der Waals surface area contributed by atoms with Crippen molar-refractivity contribution in [1.29, 1.82) is 0 Å². The van der Waals surface area contributed by atoms with Crippen molar-refractivity contribution in [2.45, 2.75) is 19.8 Å². The number of alkyl halides is 1. The van der Waals surface area contributed by atoms with Gasteiger partial charge in [0, 0.05) is 12.8 Å². The molecule has 14 heavy (non-hydrogen) atoms. The van der Waals surface area contributed by atoms with E-state index >= 15 is 0 Å². The second-order valence-corrected chi connectivity index (χ2v) is 3.53. The number of rotatable bonds is 3. The maximum Gasteiger partial charge on any atom is 0.308 e. The highest BCUT2D eigenvalue weighted by Gasteiger charge is 2.04. The van der Waals surface area contributed by atoms with E-state index in [-0.39, 0.29) is 5.97 Å². The summed E-state index contributed by atoms with van der Waals surface area (Å²) in [7, 11) is 0. The van der Waals surface area contributed by atoms with Crippen LogP contribution in [0.4, 0.5) is 0 Å². The van der Waals surface area contributed by atoms with E-state index in [0.29, 0.717) is 17.5 Å². The van der Waals surface area contributed by atoms with E-state index in [1.165, 1.54) is 6.92 Å². The van der Waals surface area contributed by atoms with Gasteiger partial charge in [-0.2, -0.15) is 0 Å². The van der Waals surface area contributed by atoms with Crippen molar-refractivity contribution in [3.05, 3.63) is 29.8 Å². The first kappa shape index (κ1) is 11.1. The molecule has 1 atom stereocenters. The standard InChI is InChI=1S/C11H13ClO2/c1-8(7-12)10-3-5-11(6-4-10)14-9(2)13/h3-6,8H,7H2,1-2H3. The Morgan fingerprint density at radius 2 is 2.00 bits per heavy atom. The molecule has 1 aromatic carbocycles. The molecular formula is C11H13ClO2. The molecule has 0 fully saturated rings. The van der Waals surface area contributed by atoms with E-state index in [0.717, 1.165) is 5.56 Å². The fourth-order valence-corrected chi connectivity index (χ4v) is 1.30. The Labute approximate surface area is 88.8 Å². The molecule has 0 aliphatic carbocycles. The Morgan fingerprint density at radius 3 is 2.43 bits per heavy atom. The van der Waals surface area contributed by atoms with Crippen LogP contribution >= 0.6 is 11.6 Å². The van der Waals surface area contributed by atoms with Crippen molar-refractivity contribution in [3.63, 3.8) is 0 Å². The van der Waals surface area contributed by atoms with Gasteiger partial charge in [-0.15, -0.1) is 11.6 Å². The fourth-order valence-electron chi connectivity index (χ4n) is 1.12. The van der Waals surface area contributed by atoms with Crippen LogP contribution in [0.15, 0.2) is 24.3 Å². The third-order valence-electron chi connectivity index (χ3n) is 1.94. The zero-order valence-electron chi connectivity index (χ0n) is 8.29. The van der Waals surface area contributed by atoms with E-state index in [4.69, 9.17) is 16.3 Å². The summed E-state index contributed by atoms with van der Waals surface area (Å²) < 4.78 is 4.91. The first-order valence-corrected chi connectivity index (χ1v) is 5.01. The van der Waals surface area contributed by atoms with Gasteiger partial charge in [-0.3, -0.25) is 4.79 Å². The molecule has 0 radical (unpaired) electrons. The van der Waals surface area contributed by atoms with Crippen LogP contribution in [0.1, 0.15) is 25.3 Å². The number of carbonyl (C=O) groups excluding carboxylic acids is 1. The summed E-state index contributed by atoms with van der Waals surface area (Å²) in [5.41, 5.74) is 1.15. The average Bonchev–Trinajstić information content (AvgIpc) is 2.17. The lowest BCUT2D eigenvalue weighted by molar-refractivity contribution is -0.131. The fraction of sp³-hybridized carbons (Fsp3) is 0.364. The molecule has 1 rings (SSSR count). The van der Waals surface area contributed by atoms with Crippen LogP contribution in [-0.4, -0.2) is 11.8 Å². The summed E-state index contributed by atoms with van der Waals surface area (Å²) in [6.45, 7) is 3.43. The summed E-state index contributed by atoms with van der Waals surface area (Å²) in [6, 6.07) is 7.40. The molecule has 1 unspecified atom stereocenters. The van der Waals surface area contributed by atoms with Crippen LogP contribution in [0, 0.1) is 0 Å². The molecular weight excluding hydrogens is 200 g/mol. The first-order chi connectivity index (χ1) is 6.63. The van der Waals surface area contributed by atoms with Gasteiger partial charge < -0.3 is 4.74 Å². The number of esters is 1. The number of hydrogen-bond acceptors (Lipinski definition) is 2. The molecule has 3 heteroatoms. The molecule has 76 valence electrons. The third kappa shape index (κ3) is 3.04. The van der Waals surface area contributed by atoms with Gasteiger partial charge in [0.05, 0.1) is 0 Å². The first-order valence-electron chi connectivity index (χ1n) is 4.48. The van der Waals surface area contributed by atoms with Crippen LogP contribution in [0.25, 0.3) is 0 Å². The third-order valence-corrected chi connectivity index (χ3v) is 2.41. The average molecular weight is 213 g/mol. The largest absolute Gasteiger partial charge is 0.427 e. The summed E-state index contributed by atoms with van der Waals surface area (Å²) in [5, 5.41) is 0. The van der Waals surface area contributed by atoms with Crippen molar-refractivity contribution in [2.24, 2.45) is 0 Å². The molecule has 0 N–H and O–H groups in total. The Balaban J connectivity index is 2.73. The number of halogens is 1. The van der Waals surface area contributed by atoms with Gasteiger partial charge in [0.1, 0.15) is 5.75 Å². The maximum atomic E-state index is 10.6. The predicted octanol–water partition coefficient (Wildman–Crippen LogP) is 2.95. The Bertz CT molecular complexity index is 306. The van der Waals surface area contributed by atoms with E-state index < -0.39 is 0 Å². The highest BCUT2D eigenvalue weighted by molar-refractivity contribution is 6.18. The molecule has 0 bridgehead atoms. The van der Waals surface area contributed by atoms with Gasteiger partial charge in [0.25, 0.3) is 0 Å². The van der Waals surface area contributed by atoms with Gasteiger partial charge in [-0.1, -0.05) is 19.1 Å². The van der Waals surface area contributed by atoms with Gasteiger partial charge in [0.2, 0.25) is 0 Å². The molecule has 2 nitrogen and oxygen atoms in total. The molecule has 0 spiro atoms. The van der Waals surface area contributed by atoms with E-state index in [2.05, 4.69) is 0 Å². The molecule has 0 saturated heterocycles. The molecule has 0 saturated carbocycles. The minimum Gasteiger partial charge on any atom is -0.427 e. The number of benzene rings is 1. The van der Waals surface area contributed by atoms with Crippen molar-refractivity contribution in [3.8, 4) is 5.75 Å². The van der Waals surface area contributed by atoms with Gasteiger partial charge in [-0.05, 0) is 23.6 Å².